The molecule has 2 aromatic carbocycles. The number of allylic oxidation sites excluding steroid dienone is 1. The Kier molecular flexibility index (Phi) is 9.09. The van der Waals surface area contributed by atoms with Gasteiger partial charge < -0.3 is 29.7 Å². The van der Waals surface area contributed by atoms with Gasteiger partial charge in [0.05, 0.1) is 30.7 Å². The van der Waals surface area contributed by atoms with E-state index in [1.807, 2.05) is 81.5 Å². The molecule has 0 aromatic heterocycles. The minimum absolute atomic E-state index is 0.187. The van der Waals surface area contributed by atoms with E-state index in [0.29, 0.717) is 24.1 Å². The van der Waals surface area contributed by atoms with E-state index in [-0.39, 0.29) is 31.4 Å². The smallest absolute Gasteiger partial charge is 0.313 e. The second kappa shape index (κ2) is 13.1. The molecule has 47 heavy (non-hydrogen) atoms. The maximum atomic E-state index is 15.1. The Bertz CT molecular complexity index is 1580. The molecule has 0 aliphatic carbocycles. The number of aliphatic hydroxyl groups is 1. The van der Waals surface area contributed by atoms with Gasteiger partial charge >= 0.3 is 5.97 Å². The molecule has 2 saturated heterocycles. The van der Waals surface area contributed by atoms with Crippen molar-refractivity contribution >= 4 is 29.4 Å². The van der Waals surface area contributed by atoms with Gasteiger partial charge in [-0.25, -0.2) is 0 Å². The minimum Gasteiger partial charge on any atom is -0.455 e. The predicted molar refractivity (Wildman–Crippen MR) is 175 cm³/mol. The number of carbonyl (C=O) groups is 4. The lowest BCUT2D eigenvalue weighted by Gasteiger charge is -2.39. The number of aryl methyl sites for hydroxylation is 2. The Balaban J connectivity index is 1.49. The molecule has 0 radical (unpaired) electrons. The quantitative estimate of drug-likeness (QED) is 0.377. The van der Waals surface area contributed by atoms with Crippen molar-refractivity contribution in [3.63, 3.8) is 0 Å². The third-order valence-corrected chi connectivity index (χ3v) is 10.1. The standard InChI is InChI=1S/C37H43N3O7/c1-5-26(21-41)40-33-35(44)39(31-22(2)13-12-14-23(31)3)20-11-7-10-17-28(42)38-24(4)32(25-15-8-6-9-16-25)46-36(45)29-27-18-19-37(33,47-27)30(29)34(40)43/h6-9,11-16,18-19,24,26-27,29-30,32-33,41H,5,10,17,20-21H2,1-4H3,(H,38,42)/b11-7-/t24-,26+,27+,29-,30-,32+,33+,37-/m1/s1. The fourth-order valence-corrected chi connectivity index (χ4v) is 7.85. The van der Waals surface area contributed by atoms with Crippen LogP contribution < -0.4 is 10.2 Å². The summed E-state index contributed by atoms with van der Waals surface area (Å²) in [6, 6.07) is 12.6. The molecule has 2 fully saturated rings. The molecule has 4 aliphatic rings. The number of esters is 1. The molecule has 2 aromatic rings. The number of amides is 3. The van der Waals surface area contributed by atoms with Crippen molar-refractivity contribution in [1.82, 2.24) is 10.2 Å². The Morgan fingerprint density at radius 3 is 2.40 bits per heavy atom. The van der Waals surface area contributed by atoms with Crippen LogP contribution in [0, 0.1) is 25.7 Å². The molecule has 4 aliphatic heterocycles. The summed E-state index contributed by atoms with van der Waals surface area (Å²) in [4.78, 5) is 60.0. The number of rotatable bonds is 5. The van der Waals surface area contributed by atoms with Crippen LogP contribution in [0.3, 0.4) is 0 Å². The highest BCUT2D eigenvalue weighted by Gasteiger charge is 2.74. The van der Waals surface area contributed by atoms with Gasteiger partial charge in [0.25, 0.3) is 5.91 Å². The normalized spacial score (nSPS) is 32.3. The number of likely N-dealkylation sites (tertiary alicyclic amines) is 1. The summed E-state index contributed by atoms with van der Waals surface area (Å²) < 4.78 is 12.8. The Morgan fingerprint density at radius 1 is 1.00 bits per heavy atom. The van der Waals surface area contributed by atoms with Crippen LogP contribution in [-0.4, -0.2) is 76.7 Å². The van der Waals surface area contributed by atoms with Gasteiger partial charge in [-0.1, -0.05) is 79.8 Å². The van der Waals surface area contributed by atoms with Gasteiger partial charge in [0, 0.05) is 18.7 Å². The largest absolute Gasteiger partial charge is 0.455 e. The van der Waals surface area contributed by atoms with Gasteiger partial charge in [-0.05, 0) is 50.3 Å². The zero-order valence-corrected chi connectivity index (χ0v) is 27.3. The van der Waals surface area contributed by atoms with Crippen molar-refractivity contribution in [2.24, 2.45) is 11.8 Å². The van der Waals surface area contributed by atoms with E-state index in [9.17, 15) is 19.5 Å². The molecular formula is C37H43N3O7. The van der Waals surface area contributed by atoms with Crippen molar-refractivity contribution in [2.75, 3.05) is 18.1 Å². The van der Waals surface area contributed by atoms with Gasteiger partial charge in [0.15, 0.2) is 0 Å². The summed E-state index contributed by atoms with van der Waals surface area (Å²) in [5, 5.41) is 13.5. The third kappa shape index (κ3) is 5.57. The van der Waals surface area contributed by atoms with Crippen LogP contribution in [-0.2, 0) is 28.7 Å². The fraction of sp³-hybridized carbons (Fsp3) is 0.459. The molecule has 4 heterocycles. The summed E-state index contributed by atoms with van der Waals surface area (Å²) in [5.74, 6) is -3.69. The van der Waals surface area contributed by atoms with E-state index in [4.69, 9.17) is 9.47 Å². The van der Waals surface area contributed by atoms with Crippen molar-refractivity contribution in [3.8, 4) is 0 Å². The van der Waals surface area contributed by atoms with E-state index in [2.05, 4.69) is 5.32 Å². The summed E-state index contributed by atoms with van der Waals surface area (Å²) in [6.45, 7) is 7.34. The fourth-order valence-electron chi connectivity index (χ4n) is 7.85. The van der Waals surface area contributed by atoms with Crippen molar-refractivity contribution < 1.29 is 33.8 Å². The van der Waals surface area contributed by atoms with Crippen LogP contribution in [0.5, 0.6) is 0 Å². The maximum absolute atomic E-state index is 15.1. The van der Waals surface area contributed by atoms with E-state index in [1.165, 1.54) is 4.90 Å². The molecule has 248 valence electrons. The number of anilines is 1. The topological polar surface area (TPSA) is 125 Å². The maximum Gasteiger partial charge on any atom is 0.313 e. The lowest BCUT2D eigenvalue weighted by atomic mass is 9.74. The number of hydrogen-bond acceptors (Lipinski definition) is 7. The van der Waals surface area contributed by atoms with Crippen molar-refractivity contribution in [1.29, 1.82) is 0 Å². The summed E-state index contributed by atoms with van der Waals surface area (Å²) in [5.41, 5.74) is 1.74. The molecule has 3 amide bonds. The first kappa shape index (κ1) is 32.7. The first-order chi connectivity index (χ1) is 22.6. The summed E-state index contributed by atoms with van der Waals surface area (Å²) in [6.07, 6.45) is 6.68. The van der Waals surface area contributed by atoms with Gasteiger partial charge in [0.1, 0.15) is 23.7 Å². The molecule has 10 heteroatoms. The van der Waals surface area contributed by atoms with Gasteiger partial charge in [-0.3, -0.25) is 19.2 Å². The molecule has 2 N–H and O–H groups in total. The number of hydrogen-bond donors (Lipinski definition) is 2. The van der Waals surface area contributed by atoms with Crippen LogP contribution in [0.1, 0.15) is 55.9 Å². The first-order valence-electron chi connectivity index (χ1n) is 16.5. The van der Waals surface area contributed by atoms with E-state index >= 15 is 4.79 Å². The average molecular weight is 642 g/mol. The predicted octanol–water partition coefficient (Wildman–Crippen LogP) is 3.70. The van der Waals surface area contributed by atoms with Gasteiger partial charge in [0.2, 0.25) is 11.8 Å². The number of fused-ring (bicyclic) bond motifs is 2. The number of cyclic esters (lactones) is 1. The lowest BCUT2D eigenvalue weighted by Crippen LogP contribution is -2.58. The minimum atomic E-state index is -1.43. The molecule has 0 unspecified atom stereocenters. The lowest BCUT2D eigenvalue weighted by molar-refractivity contribution is -0.161. The zero-order chi connectivity index (χ0) is 33.5. The molecule has 6 rings (SSSR count). The van der Waals surface area contributed by atoms with Crippen LogP contribution in [0.4, 0.5) is 5.69 Å². The molecule has 5 bridgehead atoms. The first-order valence-corrected chi connectivity index (χ1v) is 16.5. The summed E-state index contributed by atoms with van der Waals surface area (Å²) in [7, 11) is 0. The number of nitrogens with zero attached hydrogens (tertiary/aromatic N) is 2. The average Bonchev–Trinajstić information content (AvgIpc) is 3.70. The number of benzene rings is 2. The Hall–Kier alpha value is -4.28. The van der Waals surface area contributed by atoms with E-state index < -0.39 is 59.6 Å². The third-order valence-electron chi connectivity index (χ3n) is 10.1. The number of ether oxygens (including phenoxy) is 2. The number of aliphatic hydroxyl groups excluding tert-OH is 1. The molecule has 1 spiro atoms. The summed E-state index contributed by atoms with van der Waals surface area (Å²) >= 11 is 0. The van der Waals surface area contributed by atoms with Crippen LogP contribution >= 0.6 is 0 Å². The van der Waals surface area contributed by atoms with Crippen LogP contribution in [0.25, 0.3) is 0 Å². The van der Waals surface area contributed by atoms with Gasteiger partial charge in [-0.15, -0.1) is 0 Å². The Morgan fingerprint density at radius 2 is 1.72 bits per heavy atom. The van der Waals surface area contributed by atoms with Crippen LogP contribution in [0.15, 0.2) is 72.8 Å². The zero-order valence-electron chi connectivity index (χ0n) is 27.3. The highest BCUT2D eigenvalue weighted by molar-refractivity contribution is 6.06. The number of nitrogens with one attached hydrogen (secondary N) is 1. The highest BCUT2D eigenvalue weighted by atomic mass is 16.6. The molecular weight excluding hydrogens is 598 g/mol. The van der Waals surface area contributed by atoms with Crippen molar-refractivity contribution in [2.45, 2.75) is 82.9 Å². The molecule has 10 nitrogen and oxygen atoms in total. The second-order valence-corrected chi connectivity index (χ2v) is 13.0. The van der Waals surface area contributed by atoms with E-state index in [1.54, 1.807) is 24.0 Å². The SMILES string of the molecule is CC[C@@H](CO)N1C(=O)[C@H]2[C@@H]3C(=O)O[C@H](c4ccccc4)[C@@H](C)NC(=O)CC/C=C\CN(c4c(C)cccc4C)C(=O)[C@H]1[C@@]21C=C[C@@H]3O1. The van der Waals surface area contributed by atoms with E-state index in [0.717, 1.165) is 11.1 Å². The molecule has 8 atom stereocenters. The number of para-hydroxylation sites is 1. The monoisotopic (exact) mass is 641 g/mol. The second-order valence-electron chi connectivity index (χ2n) is 13.0. The highest BCUT2D eigenvalue weighted by Crippen LogP contribution is 2.56. The van der Waals surface area contributed by atoms with Crippen LogP contribution in [0.2, 0.25) is 0 Å². The molecule has 0 saturated carbocycles. The number of carbonyl (C=O) groups excluding carboxylic acids is 4. The van der Waals surface area contributed by atoms with Gasteiger partial charge in [-0.2, -0.15) is 0 Å². The van der Waals surface area contributed by atoms with Crippen molar-refractivity contribution in [3.05, 3.63) is 89.5 Å². The Labute approximate surface area is 275 Å².